The summed E-state index contributed by atoms with van der Waals surface area (Å²) in [7, 11) is 0. The van der Waals surface area contributed by atoms with E-state index in [1.807, 2.05) is 16.7 Å². The molecule has 0 saturated carbocycles. The van der Waals surface area contributed by atoms with Gasteiger partial charge < -0.3 is 5.11 Å². The SMILES string of the molecule is CCN(CC)Cc1ccc2c(sc3nc4n(c(=O)c32)CCCCC4)c1O. The molecule has 138 valence electrons. The second-order valence-corrected chi connectivity index (χ2v) is 7.99. The van der Waals surface area contributed by atoms with E-state index in [1.165, 1.54) is 11.3 Å². The maximum Gasteiger partial charge on any atom is 0.262 e. The Hall–Kier alpha value is -1.92. The molecule has 6 heteroatoms. The molecule has 2 aromatic heterocycles. The number of phenols is 1. The van der Waals surface area contributed by atoms with Crippen LogP contribution in [0.15, 0.2) is 16.9 Å². The maximum absolute atomic E-state index is 13.1. The van der Waals surface area contributed by atoms with Crippen LogP contribution in [0.2, 0.25) is 0 Å². The van der Waals surface area contributed by atoms with Gasteiger partial charge in [0.25, 0.3) is 5.56 Å². The molecule has 0 radical (unpaired) electrons. The monoisotopic (exact) mass is 371 g/mol. The van der Waals surface area contributed by atoms with E-state index in [1.54, 1.807) is 0 Å². The van der Waals surface area contributed by atoms with Gasteiger partial charge in [0.05, 0.1) is 10.1 Å². The Morgan fingerprint density at radius 3 is 2.81 bits per heavy atom. The van der Waals surface area contributed by atoms with E-state index in [0.29, 0.717) is 17.7 Å². The third-order valence-electron chi connectivity index (χ3n) is 5.47. The minimum Gasteiger partial charge on any atom is -0.506 e. The number of fused-ring (bicyclic) bond motifs is 4. The molecule has 0 unspecified atom stereocenters. The normalized spacial score (nSPS) is 14.9. The second kappa shape index (κ2) is 7.00. The van der Waals surface area contributed by atoms with Crippen LogP contribution in [0.5, 0.6) is 5.75 Å². The largest absolute Gasteiger partial charge is 0.506 e. The van der Waals surface area contributed by atoms with Crippen LogP contribution >= 0.6 is 11.3 Å². The van der Waals surface area contributed by atoms with Gasteiger partial charge in [0, 0.05) is 30.5 Å². The highest BCUT2D eigenvalue weighted by Crippen LogP contribution is 2.39. The predicted octanol–water partition coefficient (Wildman–Crippen LogP) is 3.89. The Kier molecular flexibility index (Phi) is 4.71. The van der Waals surface area contributed by atoms with E-state index < -0.39 is 0 Å². The number of aryl methyl sites for hydroxylation is 1. The minimum absolute atomic E-state index is 0.0500. The summed E-state index contributed by atoms with van der Waals surface area (Å²) in [5.74, 6) is 1.20. The molecule has 5 nitrogen and oxygen atoms in total. The van der Waals surface area contributed by atoms with Crippen molar-refractivity contribution >= 4 is 31.6 Å². The zero-order chi connectivity index (χ0) is 18.3. The lowest BCUT2D eigenvalue weighted by Crippen LogP contribution is -2.24. The summed E-state index contributed by atoms with van der Waals surface area (Å²) in [5, 5.41) is 12.3. The van der Waals surface area contributed by atoms with Gasteiger partial charge in [-0.05, 0) is 25.9 Å². The Morgan fingerprint density at radius 2 is 2.04 bits per heavy atom. The summed E-state index contributed by atoms with van der Waals surface area (Å²) in [5.41, 5.74) is 0.962. The first-order valence-corrected chi connectivity index (χ1v) is 10.3. The predicted molar refractivity (Wildman–Crippen MR) is 107 cm³/mol. The molecular weight excluding hydrogens is 346 g/mol. The molecule has 1 N–H and O–H groups in total. The number of hydrogen-bond acceptors (Lipinski definition) is 5. The van der Waals surface area contributed by atoms with Crippen molar-refractivity contribution in [3.05, 3.63) is 33.9 Å². The molecule has 1 aliphatic rings. The number of phenolic OH excluding ortho intramolecular Hbond substituents is 1. The molecule has 0 amide bonds. The van der Waals surface area contributed by atoms with Gasteiger partial charge in [-0.3, -0.25) is 14.3 Å². The van der Waals surface area contributed by atoms with Crippen molar-refractivity contribution < 1.29 is 5.11 Å². The number of rotatable bonds is 4. The van der Waals surface area contributed by atoms with Crippen molar-refractivity contribution in [3.8, 4) is 5.75 Å². The van der Waals surface area contributed by atoms with Crippen LogP contribution in [0.1, 0.15) is 44.5 Å². The van der Waals surface area contributed by atoms with Crippen LogP contribution < -0.4 is 5.56 Å². The lowest BCUT2D eigenvalue weighted by molar-refractivity contribution is 0.291. The highest BCUT2D eigenvalue weighted by molar-refractivity contribution is 7.25. The van der Waals surface area contributed by atoms with E-state index >= 15 is 0 Å². The van der Waals surface area contributed by atoms with Crippen LogP contribution in [0.25, 0.3) is 20.3 Å². The van der Waals surface area contributed by atoms with Crippen molar-refractivity contribution in [2.45, 2.75) is 52.6 Å². The smallest absolute Gasteiger partial charge is 0.262 e. The Morgan fingerprint density at radius 1 is 1.23 bits per heavy atom. The standard InChI is InChI=1S/C20H25N3O2S/c1-3-22(4-2)12-13-9-10-14-16-19(26-18(14)17(13)24)21-15-8-6-5-7-11-23(15)20(16)25/h9-10,24H,3-8,11-12H2,1-2H3. The molecule has 0 fully saturated rings. The topological polar surface area (TPSA) is 58.4 Å². The molecule has 1 aliphatic heterocycles. The average molecular weight is 372 g/mol. The fraction of sp³-hybridized carbons (Fsp3) is 0.500. The second-order valence-electron chi connectivity index (χ2n) is 6.99. The number of benzene rings is 1. The summed E-state index contributed by atoms with van der Waals surface area (Å²) in [6, 6.07) is 3.94. The number of aromatic nitrogens is 2. The molecule has 3 aromatic rings. The van der Waals surface area contributed by atoms with E-state index in [0.717, 1.165) is 71.6 Å². The fourth-order valence-electron chi connectivity index (χ4n) is 3.86. The van der Waals surface area contributed by atoms with Gasteiger partial charge in [-0.15, -0.1) is 11.3 Å². The highest BCUT2D eigenvalue weighted by atomic mass is 32.1. The molecule has 1 aromatic carbocycles. The number of thiophene rings is 1. The molecule has 0 bridgehead atoms. The first-order valence-electron chi connectivity index (χ1n) is 9.53. The van der Waals surface area contributed by atoms with E-state index in [4.69, 9.17) is 4.98 Å². The first kappa shape index (κ1) is 17.5. The Balaban J connectivity index is 1.90. The number of hydrogen-bond donors (Lipinski definition) is 1. The summed E-state index contributed by atoms with van der Waals surface area (Å²) >= 11 is 1.45. The van der Waals surface area contributed by atoms with Crippen LogP contribution in [-0.4, -0.2) is 32.6 Å². The van der Waals surface area contributed by atoms with Crippen LogP contribution in [-0.2, 0) is 19.5 Å². The fourth-order valence-corrected chi connectivity index (χ4v) is 5.01. The number of aromatic hydroxyl groups is 1. The third kappa shape index (κ3) is 2.81. The lowest BCUT2D eigenvalue weighted by atomic mass is 10.1. The van der Waals surface area contributed by atoms with Gasteiger partial charge in [-0.2, -0.15) is 0 Å². The molecule has 3 heterocycles. The van der Waals surface area contributed by atoms with Gasteiger partial charge in [-0.25, -0.2) is 4.98 Å². The van der Waals surface area contributed by atoms with Crippen LogP contribution in [0.4, 0.5) is 0 Å². The molecule has 0 atom stereocenters. The number of nitrogens with zero attached hydrogens (tertiary/aromatic N) is 3. The van der Waals surface area contributed by atoms with E-state index in [-0.39, 0.29) is 5.56 Å². The first-order chi connectivity index (χ1) is 12.6. The zero-order valence-electron chi connectivity index (χ0n) is 15.4. The third-order valence-corrected chi connectivity index (χ3v) is 6.57. The van der Waals surface area contributed by atoms with Crippen LogP contribution in [0, 0.1) is 0 Å². The minimum atomic E-state index is 0.0500. The van der Waals surface area contributed by atoms with Gasteiger partial charge in [0.2, 0.25) is 0 Å². The summed E-state index contributed by atoms with van der Waals surface area (Å²) < 4.78 is 2.64. The molecule has 0 spiro atoms. The van der Waals surface area contributed by atoms with Crippen molar-refractivity contribution in [2.75, 3.05) is 13.1 Å². The van der Waals surface area contributed by atoms with Gasteiger partial charge in [-0.1, -0.05) is 32.4 Å². The van der Waals surface area contributed by atoms with Crippen LogP contribution in [0.3, 0.4) is 0 Å². The van der Waals surface area contributed by atoms with Crippen molar-refractivity contribution in [1.29, 1.82) is 0 Å². The van der Waals surface area contributed by atoms with Crippen molar-refractivity contribution in [3.63, 3.8) is 0 Å². The lowest BCUT2D eigenvalue weighted by Gasteiger charge is -2.18. The molecule has 0 aliphatic carbocycles. The van der Waals surface area contributed by atoms with Crippen molar-refractivity contribution in [2.24, 2.45) is 0 Å². The average Bonchev–Trinajstić information content (AvgIpc) is 2.85. The molecule has 26 heavy (non-hydrogen) atoms. The van der Waals surface area contributed by atoms with E-state index in [9.17, 15) is 9.90 Å². The maximum atomic E-state index is 13.1. The highest BCUT2D eigenvalue weighted by Gasteiger charge is 2.20. The Labute approximate surface area is 156 Å². The quantitative estimate of drug-likeness (QED) is 0.756. The van der Waals surface area contributed by atoms with Gasteiger partial charge in [0.15, 0.2) is 0 Å². The molecular formula is C20H25N3O2S. The van der Waals surface area contributed by atoms with E-state index in [2.05, 4.69) is 18.7 Å². The van der Waals surface area contributed by atoms with Gasteiger partial charge >= 0.3 is 0 Å². The zero-order valence-corrected chi connectivity index (χ0v) is 16.2. The van der Waals surface area contributed by atoms with Crippen molar-refractivity contribution in [1.82, 2.24) is 14.5 Å². The summed E-state index contributed by atoms with van der Waals surface area (Å²) in [4.78, 5) is 20.9. The Bertz CT molecular complexity index is 1020. The summed E-state index contributed by atoms with van der Waals surface area (Å²) in [6.45, 7) is 7.59. The molecule has 0 saturated heterocycles. The molecule has 4 rings (SSSR count). The van der Waals surface area contributed by atoms with Gasteiger partial charge in [0.1, 0.15) is 16.4 Å². The summed E-state index contributed by atoms with van der Waals surface area (Å²) in [6.07, 6.45) is 4.12.